The number of amides is 1. The predicted octanol–water partition coefficient (Wildman–Crippen LogP) is 4.85. The Hall–Kier alpha value is -3.90. The Balaban J connectivity index is 1.66. The third kappa shape index (κ3) is 5.04. The highest BCUT2D eigenvalue weighted by Crippen LogP contribution is 2.28. The van der Waals surface area contributed by atoms with Crippen molar-refractivity contribution in [2.24, 2.45) is 0 Å². The highest BCUT2D eigenvalue weighted by Gasteiger charge is 2.20. The van der Waals surface area contributed by atoms with E-state index in [2.05, 4.69) is 15.3 Å². The first-order valence-electron chi connectivity index (χ1n) is 10.2. The highest BCUT2D eigenvalue weighted by atomic mass is 19.1. The van der Waals surface area contributed by atoms with Gasteiger partial charge in [-0.1, -0.05) is 60.2 Å². The molecule has 0 spiro atoms. The van der Waals surface area contributed by atoms with E-state index in [1.165, 1.54) is 18.3 Å². The number of nitrogens with one attached hydrogen (secondary N) is 1. The van der Waals surface area contributed by atoms with Gasteiger partial charge in [-0.15, -0.1) is 0 Å². The van der Waals surface area contributed by atoms with Crippen LogP contribution in [0, 0.1) is 12.7 Å². The number of aliphatic hydroxyl groups is 1. The van der Waals surface area contributed by atoms with Gasteiger partial charge >= 0.3 is 0 Å². The van der Waals surface area contributed by atoms with Crippen LogP contribution < -0.4 is 5.32 Å². The SMILES string of the molecule is Cc1ccc(CC(=O)Nc2ncc(-c3ccc(F)cc3)nc2C(O)c2ccccc2)cc1. The van der Waals surface area contributed by atoms with Crippen molar-refractivity contribution in [2.75, 3.05) is 5.32 Å². The summed E-state index contributed by atoms with van der Waals surface area (Å²) in [4.78, 5) is 21.6. The van der Waals surface area contributed by atoms with Crippen molar-refractivity contribution in [2.45, 2.75) is 19.4 Å². The number of halogens is 1. The number of hydrogen-bond acceptors (Lipinski definition) is 4. The molecule has 1 aromatic heterocycles. The molecule has 4 aromatic rings. The van der Waals surface area contributed by atoms with Gasteiger partial charge in [-0.3, -0.25) is 4.79 Å². The van der Waals surface area contributed by atoms with Crippen LogP contribution in [-0.2, 0) is 11.2 Å². The molecule has 1 unspecified atom stereocenters. The van der Waals surface area contributed by atoms with Crippen molar-refractivity contribution in [3.8, 4) is 11.3 Å². The molecule has 0 saturated heterocycles. The fourth-order valence-electron chi connectivity index (χ4n) is 3.31. The molecule has 1 heterocycles. The summed E-state index contributed by atoms with van der Waals surface area (Å²) >= 11 is 0. The summed E-state index contributed by atoms with van der Waals surface area (Å²) in [5, 5.41) is 13.8. The summed E-state index contributed by atoms with van der Waals surface area (Å²) in [6.07, 6.45) is 0.567. The first kappa shape index (κ1) is 21.3. The maximum Gasteiger partial charge on any atom is 0.229 e. The first-order valence-corrected chi connectivity index (χ1v) is 10.2. The standard InChI is InChI=1S/C26H22FN3O2/c1-17-7-9-18(10-8-17)15-23(31)30-26-24(25(32)20-5-3-2-4-6-20)29-22(16-28-26)19-11-13-21(27)14-12-19/h2-14,16,25,32H,15H2,1H3,(H,28,30,31). The molecule has 32 heavy (non-hydrogen) atoms. The molecule has 0 fully saturated rings. The molecule has 2 N–H and O–H groups in total. The van der Waals surface area contributed by atoms with Gasteiger partial charge in [0, 0.05) is 5.56 Å². The second-order valence-electron chi connectivity index (χ2n) is 7.52. The maximum atomic E-state index is 13.3. The number of benzene rings is 3. The zero-order valence-electron chi connectivity index (χ0n) is 17.5. The number of carbonyl (C=O) groups excluding carboxylic acids is 1. The van der Waals surface area contributed by atoms with Crippen LogP contribution in [0.1, 0.15) is 28.5 Å². The average Bonchev–Trinajstić information content (AvgIpc) is 2.81. The average molecular weight is 427 g/mol. The molecule has 3 aromatic carbocycles. The summed E-state index contributed by atoms with van der Waals surface area (Å²) in [6, 6.07) is 22.6. The van der Waals surface area contributed by atoms with Gasteiger partial charge in [-0.05, 0) is 42.3 Å². The van der Waals surface area contributed by atoms with E-state index in [4.69, 9.17) is 0 Å². The van der Waals surface area contributed by atoms with Gasteiger partial charge in [0.1, 0.15) is 17.6 Å². The summed E-state index contributed by atoms with van der Waals surface area (Å²) in [7, 11) is 0. The Morgan fingerprint density at radius 2 is 1.69 bits per heavy atom. The Morgan fingerprint density at radius 3 is 2.38 bits per heavy atom. The summed E-state index contributed by atoms with van der Waals surface area (Å²) in [5.41, 5.74) is 3.94. The van der Waals surface area contributed by atoms with Gasteiger partial charge < -0.3 is 10.4 Å². The molecular formula is C26H22FN3O2. The van der Waals surface area contributed by atoms with Gasteiger partial charge in [0.05, 0.1) is 18.3 Å². The minimum atomic E-state index is -1.10. The number of aryl methyl sites for hydroxylation is 1. The minimum absolute atomic E-state index is 0.169. The van der Waals surface area contributed by atoms with Crippen LogP contribution in [0.25, 0.3) is 11.3 Å². The van der Waals surface area contributed by atoms with Crippen LogP contribution in [0.4, 0.5) is 10.2 Å². The molecule has 0 bridgehead atoms. The molecule has 5 nitrogen and oxygen atoms in total. The Labute approximate surface area is 185 Å². The fourth-order valence-corrected chi connectivity index (χ4v) is 3.31. The lowest BCUT2D eigenvalue weighted by atomic mass is 10.1. The van der Waals surface area contributed by atoms with Gasteiger partial charge in [0.25, 0.3) is 0 Å². The lowest BCUT2D eigenvalue weighted by Gasteiger charge is -2.16. The molecule has 0 aliphatic carbocycles. The van der Waals surface area contributed by atoms with E-state index < -0.39 is 6.10 Å². The number of hydrogen-bond donors (Lipinski definition) is 2. The van der Waals surface area contributed by atoms with Crippen LogP contribution in [0.15, 0.2) is 85.1 Å². The zero-order valence-corrected chi connectivity index (χ0v) is 17.5. The van der Waals surface area contributed by atoms with Gasteiger partial charge in [-0.25, -0.2) is 14.4 Å². The Morgan fingerprint density at radius 1 is 1.00 bits per heavy atom. The predicted molar refractivity (Wildman–Crippen MR) is 121 cm³/mol. The van der Waals surface area contributed by atoms with Crippen molar-refractivity contribution < 1.29 is 14.3 Å². The normalized spacial score (nSPS) is 11.7. The maximum absolute atomic E-state index is 13.3. The summed E-state index contributed by atoms with van der Waals surface area (Å²) in [5.74, 6) is -0.435. The van der Waals surface area contributed by atoms with Crippen molar-refractivity contribution >= 4 is 11.7 Å². The van der Waals surface area contributed by atoms with Gasteiger partial charge in [-0.2, -0.15) is 0 Å². The molecule has 160 valence electrons. The second-order valence-corrected chi connectivity index (χ2v) is 7.52. The number of nitrogens with zero attached hydrogens (tertiary/aromatic N) is 2. The number of aromatic nitrogens is 2. The van der Waals surface area contributed by atoms with Crippen molar-refractivity contribution in [3.63, 3.8) is 0 Å². The number of aliphatic hydroxyl groups excluding tert-OH is 1. The third-order valence-corrected chi connectivity index (χ3v) is 5.06. The summed E-state index contributed by atoms with van der Waals surface area (Å²) in [6.45, 7) is 1.99. The monoisotopic (exact) mass is 427 g/mol. The quantitative estimate of drug-likeness (QED) is 0.461. The molecule has 0 saturated carbocycles. The highest BCUT2D eigenvalue weighted by molar-refractivity contribution is 5.92. The van der Waals surface area contributed by atoms with E-state index in [0.717, 1.165) is 11.1 Å². The van der Waals surface area contributed by atoms with Crippen LogP contribution in [0.3, 0.4) is 0 Å². The van der Waals surface area contributed by atoms with Crippen LogP contribution in [-0.4, -0.2) is 21.0 Å². The lowest BCUT2D eigenvalue weighted by molar-refractivity contribution is -0.115. The van der Waals surface area contributed by atoms with E-state index in [1.54, 1.807) is 24.3 Å². The van der Waals surface area contributed by atoms with E-state index in [-0.39, 0.29) is 29.7 Å². The molecular weight excluding hydrogens is 405 g/mol. The molecule has 0 radical (unpaired) electrons. The lowest BCUT2D eigenvalue weighted by Crippen LogP contribution is -2.19. The van der Waals surface area contributed by atoms with Crippen molar-refractivity contribution in [1.82, 2.24) is 9.97 Å². The number of rotatable bonds is 6. The van der Waals surface area contributed by atoms with Crippen LogP contribution >= 0.6 is 0 Å². The zero-order chi connectivity index (χ0) is 22.5. The van der Waals surface area contributed by atoms with Gasteiger partial charge in [0.2, 0.25) is 5.91 Å². The topological polar surface area (TPSA) is 75.1 Å². The van der Waals surface area contributed by atoms with E-state index in [0.29, 0.717) is 16.8 Å². The molecule has 1 amide bonds. The summed E-state index contributed by atoms with van der Waals surface area (Å²) < 4.78 is 13.3. The Kier molecular flexibility index (Phi) is 6.33. The van der Waals surface area contributed by atoms with Crippen LogP contribution in [0.5, 0.6) is 0 Å². The second kappa shape index (κ2) is 9.49. The van der Waals surface area contributed by atoms with E-state index >= 15 is 0 Å². The van der Waals surface area contributed by atoms with Crippen molar-refractivity contribution in [3.05, 3.63) is 113 Å². The first-order chi connectivity index (χ1) is 15.5. The smallest absolute Gasteiger partial charge is 0.229 e. The number of carbonyl (C=O) groups is 1. The Bertz CT molecular complexity index is 1210. The van der Waals surface area contributed by atoms with Gasteiger partial charge in [0.15, 0.2) is 5.82 Å². The number of anilines is 1. The largest absolute Gasteiger partial charge is 0.382 e. The molecule has 0 aliphatic rings. The van der Waals surface area contributed by atoms with E-state index in [1.807, 2.05) is 49.4 Å². The minimum Gasteiger partial charge on any atom is -0.382 e. The van der Waals surface area contributed by atoms with Crippen LogP contribution in [0.2, 0.25) is 0 Å². The fraction of sp³-hybridized carbons (Fsp3) is 0.115. The molecule has 0 aliphatic heterocycles. The molecule has 4 rings (SSSR count). The van der Waals surface area contributed by atoms with E-state index in [9.17, 15) is 14.3 Å². The third-order valence-electron chi connectivity index (χ3n) is 5.06. The molecule has 6 heteroatoms. The molecule has 1 atom stereocenters. The van der Waals surface area contributed by atoms with Crippen molar-refractivity contribution in [1.29, 1.82) is 0 Å².